The standard InChI is InChI=1S/C60H44N3OP/c1-65(2,64)51-29-16-21-45(40-51)44-20-14-23-47(38-44)58-61-57(43-36-34-42(35-37-43)41-18-6-3-7-19-41)62-59(63-58)48-24-15-22-46(39-48)52-31-17-33-55-56(52)53-30-12-13-32-54(53)60(55,49-25-8-4-9-26-49)50-27-10-5-11-28-50/h3-40H,1-2H3. The first-order chi connectivity index (χ1) is 31.8. The molecular formula is C60H44N3OP. The summed E-state index contributed by atoms with van der Waals surface area (Å²) in [6.07, 6.45) is 0. The molecule has 10 aromatic rings. The van der Waals surface area contributed by atoms with Crippen molar-refractivity contribution in [1.82, 2.24) is 15.0 Å². The van der Waals surface area contributed by atoms with Crippen molar-refractivity contribution in [1.29, 1.82) is 0 Å². The Morgan fingerprint density at radius 1 is 0.338 bits per heavy atom. The maximum atomic E-state index is 13.1. The number of rotatable bonds is 9. The average Bonchev–Trinajstić information content (AvgIpc) is 3.68. The van der Waals surface area contributed by atoms with Gasteiger partial charge < -0.3 is 4.57 Å². The molecule has 0 atom stereocenters. The van der Waals surface area contributed by atoms with E-state index in [-0.39, 0.29) is 0 Å². The first-order valence-electron chi connectivity index (χ1n) is 22.0. The van der Waals surface area contributed by atoms with E-state index in [0.29, 0.717) is 17.5 Å². The Balaban J connectivity index is 1.07. The van der Waals surface area contributed by atoms with Crippen molar-refractivity contribution in [3.63, 3.8) is 0 Å². The molecule has 0 saturated heterocycles. The summed E-state index contributed by atoms with van der Waals surface area (Å²) < 4.78 is 13.1. The van der Waals surface area contributed by atoms with Crippen LogP contribution in [0.3, 0.4) is 0 Å². The summed E-state index contributed by atoms with van der Waals surface area (Å²) in [7, 11) is -2.46. The van der Waals surface area contributed by atoms with Crippen molar-refractivity contribution >= 4 is 12.4 Å². The summed E-state index contributed by atoms with van der Waals surface area (Å²) in [6.45, 7) is 3.62. The van der Waals surface area contributed by atoms with Crippen molar-refractivity contribution in [2.75, 3.05) is 13.3 Å². The van der Waals surface area contributed by atoms with Gasteiger partial charge in [-0.1, -0.05) is 212 Å². The summed E-state index contributed by atoms with van der Waals surface area (Å²) in [4.78, 5) is 15.6. The Kier molecular flexibility index (Phi) is 10.1. The number of aromatic nitrogens is 3. The molecule has 0 spiro atoms. The van der Waals surface area contributed by atoms with Crippen molar-refractivity contribution in [2.45, 2.75) is 5.41 Å². The van der Waals surface area contributed by atoms with E-state index >= 15 is 0 Å². The van der Waals surface area contributed by atoms with Gasteiger partial charge >= 0.3 is 0 Å². The molecule has 65 heavy (non-hydrogen) atoms. The zero-order valence-electron chi connectivity index (χ0n) is 36.1. The second kappa shape index (κ2) is 16.4. The smallest absolute Gasteiger partial charge is 0.164 e. The van der Waals surface area contributed by atoms with Gasteiger partial charge in [-0.2, -0.15) is 0 Å². The van der Waals surface area contributed by atoms with E-state index < -0.39 is 12.6 Å². The highest BCUT2D eigenvalue weighted by molar-refractivity contribution is 7.70. The van der Waals surface area contributed by atoms with Crippen molar-refractivity contribution in [2.24, 2.45) is 0 Å². The fourth-order valence-corrected chi connectivity index (χ4v) is 10.5. The van der Waals surface area contributed by atoms with E-state index in [4.69, 9.17) is 15.0 Å². The van der Waals surface area contributed by atoms with Gasteiger partial charge in [-0.3, -0.25) is 0 Å². The van der Waals surface area contributed by atoms with Crippen molar-refractivity contribution in [3.05, 3.63) is 253 Å². The van der Waals surface area contributed by atoms with Crippen LogP contribution in [0.2, 0.25) is 0 Å². The van der Waals surface area contributed by atoms with Gasteiger partial charge in [-0.25, -0.2) is 15.0 Å². The van der Waals surface area contributed by atoms with E-state index in [1.807, 2.05) is 49.7 Å². The molecule has 1 aliphatic rings. The molecule has 0 aliphatic heterocycles. The quantitative estimate of drug-likeness (QED) is 0.136. The van der Waals surface area contributed by atoms with Gasteiger partial charge in [0.15, 0.2) is 17.5 Å². The Labute approximate surface area is 380 Å². The predicted octanol–water partition coefficient (Wildman–Crippen LogP) is 14.5. The first kappa shape index (κ1) is 40.0. The summed E-state index contributed by atoms with van der Waals surface area (Å²) in [5.74, 6) is 1.74. The summed E-state index contributed by atoms with van der Waals surface area (Å²) >= 11 is 0. The van der Waals surface area contributed by atoms with Gasteiger partial charge in [0.1, 0.15) is 7.14 Å². The van der Waals surface area contributed by atoms with E-state index in [1.54, 1.807) is 0 Å². The monoisotopic (exact) mass is 853 g/mol. The van der Waals surface area contributed by atoms with Gasteiger partial charge in [0.2, 0.25) is 0 Å². The number of fused-ring (bicyclic) bond motifs is 3. The maximum absolute atomic E-state index is 13.1. The number of hydrogen-bond donors (Lipinski definition) is 0. The molecule has 0 fully saturated rings. The molecule has 310 valence electrons. The zero-order chi connectivity index (χ0) is 44.0. The first-order valence-corrected chi connectivity index (χ1v) is 24.6. The van der Waals surface area contributed by atoms with Crippen LogP contribution in [0.4, 0.5) is 0 Å². The lowest BCUT2D eigenvalue weighted by atomic mass is 9.67. The Bertz CT molecular complexity index is 3380. The van der Waals surface area contributed by atoms with Crippen LogP contribution in [0.15, 0.2) is 231 Å². The van der Waals surface area contributed by atoms with Gasteiger partial charge in [0.25, 0.3) is 0 Å². The molecule has 0 saturated carbocycles. The molecule has 4 nitrogen and oxygen atoms in total. The molecule has 5 heteroatoms. The molecule has 0 unspecified atom stereocenters. The predicted molar refractivity (Wildman–Crippen MR) is 269 cm³/mol. The van der Waals surface area contributed by atoms with E-state index in [2.05, 4.69) is 194 Å². The van der Waals surface area contributed by atoms with Crippen LogP contribution in [0.5, 0.6) is 0 Å². The zero-order valence-corrected chi connectivity index (χ0v) is 37.0. The Morgan fingerprint density at radius 2 is 0.754 bits per heavy atom. The Hall–Kier alpha value is -7.78. The molecule has 1 aromatic heterocycles. The molecule has 0 radical (unpaired) electrons. The summed E-state index contributed by atoms with van der Waals surface area (Å²) in [5.41, 5.74) is 16.1. The van der Waals surface area contributed by atoms with Crippen LogP contribution in [-0.4, -0.2) is 28.3 Å². The molecule has 9 aromatic carbocycles. The number of hydrogen-bond acceptors (Lipinski definition) is 4. The molecule has 0 amide bonds. The third-order valence-corrected chi connectivity index (χ3v) is 14.2. The minimum absolute atomic E-state index is 0.501. The number of nitrogens with zero attached hydrogens (tertiary/aromatic N) is 3. The fourth-order valence-electron chi connectivity index (χ4n) is 9.62. The highest BCUT2D eigenvalue weighted by Crippen LogP contribution is 2.58. The van der Waals surface area contributed by atoms with Gasteiger partial charge in [0, 0.05) is 22.0 Å². The molecule has 0 bridgehead atoms. The van der Waals surface area contributed by atoms with Crippen LogP contribution < -0.4 is 5.30 Å². The summed E-state index contributed by atoms with van der Waals surface area (Å²) in [5, 5.41) is 0.849. The lowest BCUT2D eigenvalue weighted by Crippen LogP contribution is -2.28. The van der Waals surface area contributed by atoms with Crippen LogP contribution in [0.25, 0.3) is 78.7 Å². The molecule has 1 aliphatic carbocycles. The minimum Gasteiger partial charge on any atom is -0.319 e. The highest BCUT2D eigenvalue weighted by Gasteiger charge is 2.46. The minimum atomic E-state index is -2.46. The van der Waals surface area contributed by atoms with E-state index in [9.17, 15) is 4.57 Å². The molecule has 0 N–H and O–H groups in total. The number of benzene rings is 9. The second-order valence-corrected chi connectivity index (χ2v) is 20.3. The molecular weight excluding hydrogens is 810 g/mol. The Morgan fingerprint density at radius 3 is 1.38 bits per heavy atom. The van der Waals surface area contributed by atoms with Crippen LogP contribution in [-0.2, 0) is 9.98 Å². The van der Waals surface area contributed by atoms with Gasteiger partial charge in [-0.15, -0.1) is 0 Å². The van der Waals surface area contributed by atoms with E-state index in [0.717, 1.165) is 55.4 Å². The van der Waals surface area contributed by atoms with E-state index in [1.165, 1.54) is 33.4 Å². The van der Waals surface area contributed by atoms with Crippen LogP contribution >= 0.6 is 7.14 Å². The molecule has 11 rings (SSSR count). The topological polar surface area (TPSA) is 55.7 Å². The van der Waals surface area contributed by atoms with Gasteiger partial charge in [0.05, 0.1) is 5.41 Å². The third-order valence-electron chi connectivity index (χ3n) is 12.7. The lowest BCUT2D eigenvalue weighted by Gasteiger charge is -2.34. The highest BCUT2D eigenvalue weighted by atomic mass is 31.2. The SMILES string of the molecule is CP(C)(=O)c1cccc(-c2cccc(-c3nc(-c4ccc(-c5ccccc5)cc4)nc(-c4cccc(-c5cccc6c5-c5ccccc5C6(c5ccccc5)c5ccccc5)c4)n3)c2)c1. The second-order valence-electron chi connectivity index (χ2n) is 17.1. The van der Waals surface area contributed by atoms with Crippen molar-refractivity contribution < 1.29 is 4.57 Å². The summed E-state index contributed by atoms with van der Waals surface area (Å²) in [6, 6.07) is 81.2. The molecule has 1 heterocycles. The third kappa shape index (κ3) is 7.23. The largest absolute Gasteiger partial charge is 0.319 e. The fraction of sp³-hybridized carbons (Fsp3) is 0.0500. The normalized spacial score (nSPS) is 12.6. The van der Waals surface area contributed by atoms with Gasteiger partial charge in [-0.05, 0) is 98.3 Å². The average molecular weight is 854 g/mol. The maximum Gasteiger partial charge on any atom is 0.164 e. The lowest BCUT2D eigenvalue weighted by molar-refractivity contribution is 0.588. The van der Waals surface area contributed by atoms with Crippen LogP contribution in [0, 0.1) is 0 Å². The van der Waals surface area contributed by atoms with Crippen molar-refractivity contribution in [3.8, 4) is 78.7 Å². The van der Waals surface area contributed by atoms with Crippen LogP contribution in [0.1, 0.15) is 22.3 Å².